The number of nitrogens with one attached hydrogen (secondary N) is 2. The molecule has 4 aromatic rings. The molecular weight excluding hydrogens is 336 g/mol. The van der Waals surface area contributed by atoms with E-state index in [0.29, 0.717) is 0 Å². The minimum Gasteiger partial charge on any atom is -0.341 e. The summed E-state index contributed by atoms with van der Waals surface area (Å²) in [6.07, 6.45) is 1.92. The lowest BCUT2D eigenvalue weighted by Crippen LogP contribution is -2.06. The van der Waals surface area contributed by atoms with E-state index in [0.717, 1.165) is 46.6 Å². The predicted molar refractivity (Wildman–Crippen MR) is 112 cm³/mol. The summed E-state index contributed by atoms with van der Waals surface area (Å²) in [5.41, 5.74) is 18.4. The molecule has 0 bridgehead atoms. The molecule has 27 heavy (non-hydrogen) atoms. The molecule has 0 spiro atoms. The SMILES string of the molecule is C.C[C@H](N)c1nc2ccc(CCc3ccc4nc([C@H](C)N)[nH]c4c3)cc2[nH]1. The van der Waals surface area contributed by atoms with Crippen molar-refractivity contribution in [1.29, 1.82) is 0 Å². The van der Waals surface area contributed by atoms with E-state index in [1.54, 1.807) is 0 Å². The number of aromatic nitrogens is 4. The third-order valence-corrected chi connectivity index (χ3v) is 4.69. The molecule has 0 aliphatic heterocycles. The molecule has 0 saturated carbocycles. The van der Waals surface area contributed by atoms with Crippen molar-refractivity contribution in [2.45, 2.75) is 46.2 Å². The number of hydrogen-bond donors (Lipinski definition) is 4. The van der Waals surface area contributed by atoms with Crippen LogP contribution in [0, 0.1) is 0 Å². The van der Waals surface area contributed by atoms with Gasteiger partial charge in [-0.05, 0) is 62.1 Å². The number of fused-ring (bicyclic) bond motifs is 2. The van der Waals surface area contributed by atoms with Crippen LogP contribution in [0.15, 0.2) is 36.4 Å². The second-order valence-electron chi connectivity index (χ2n) is 7.02. The second-order valence-corrected chi connectivity index (χ2v) is 7.02. The van der Waals surface area contributed by atoms with Crippen molar-refractivity contribution in [3.05, 3.63) is 59.2 Å². The lowest BCUT2D eigenvalue weighted by Gasteiger charge is -2.03. The zero-order valence-corrected chi connectivity index (χ0v) is 15.1. The van der Waals surface area contributed by atoms with Crippen molar-refractivity contribution in [3.63, 3.8) is 0 Å². The van der Waals surface area contributed by atoms with Crippen LogP contribution in [0.25, 0.3) is 22.1 Å². The number of H-pyrrole nitrogens is 2. The fourth-order valence-electron chi connectivity index (χ4n) is 3.18. The third-order valence-electron chi connectivity index (χ3n) is 4.69. The lowest BCUT2D eigenvalue weighted by molar-refractivity contribution is 0.760. The summed E-state index contributed by atoms with van der Waals surface area (Å²) >= 11 is 0. The first kappa shape index (κ1) is 19.1. The van der Waals surface area contributed by atoms with E-state index in [4.69, 9.17) is 11.5 Å². The van der Waals surface area contributed by atoms with Crippen molar-refractivity contribution < 1.29 is 0 Å². The molecule has 142 valence electrons. The van der Waals surface area contributed by atoms with E-state index >= 15 is 0 Å². The van der Waals surface area contributed by atoms with Crippen LogP contribution < -0.4 is 11.5 Å². The van der Waals surface area contributed by atoms with Crippen LogP contribution in [0.4, 0.5) is 0 Å². The molecule has 4 rings (SSSR count). The van der Waals surface area contributed by atoms with Gasteiger partial charge < -0.3 is 21.4 Å². The van der Waals surface area contributed by atoms with E-state index in [1.807, 2.05) is 13.8 Å². The molecule has 0 unspecified atom stereocenters. The van der Waals surface area contributed by atoms with Gasteiger partial charge in [-0.25, -0.2) is 9.97 Å². The predicted octanol–water partition coefficient (Wildman–Crippen LogP) is 3.90. The summed E-state index contributed by atoms with van der Waals surface area (Å²) in [6, 6.07) is 12.5. The summed E-state index contributed by atoms with van der Waals surface area (Å²) in [4.78, 5) is 15.7. The number of benzene rings is 2. The Hall–Kier alpha value is -2.70. The Morgan fingerprint density at radius 2 is 1.19 bits per heavy atom. The van der Waals surface area contributed by atoms with E-state index in [1.165, 1.54) is 11.1 Å². The van der Waals surface area contributed by atoms with E-state index in [-0.39, 0.29) is 19.5 Å². The van der Waals surface area contributed by atoms with Gasteiger partial charge in [-0.2, -0.15) is 0 Å². The minimum atomic E-state index is -0.0897. The number of aromatic amines is 2. The van der Waals surface area contributed by atoms with Crippen LogP contribution in [-0.4, -0.2) is 19.9 Å². The molecule has 2 heterocycles. The Kier molecular flexibility index (Phi) is 5.30. The van der Waals surface area contributed by atoms with Gasteiger partial charge >= 0.3 is 0 Å². The van der Waals surface area contributed by atoms with Crippen LogP contribution in [-0.2, 0) is 12.8 Å². The monoisotopic (exact) mass is 364 g/mol. The van der Waals surface area contributed by atoms with Crippen molar-refractivity contribution in [2.24, 2.45) is 11.5 Å². The smallest absolute Gasteiger partial charge is 0.123 e. The number of rotatable bonds is 5. The maximum atomic E-state index is 5.91. The summed E-state index contributed by atoms with van der Waals surface area (Å²) in [5.74, 6) is 1.65. The summed E-state index contributed by atoms with van der Waals surface area (Å²) in [7, 11) is 0. The molecule has 6 heteroatoms. The van der Waals surface area contributed by atoms with Gasteiger partial charge in [0, 0.05) is 0 Å². The van der Waals surface area contributed by atoms with Crippen LogP contribution in [0.3, 0.4) is 0 Å². The highest BCUT2D eigenvalue weighted by Gasteiger charge is 2.09. The number of nitrogens with two attached hydrogens (primary N) is 2. The number of nitrogens with zero attached hydrogens (tertiary/aromatic N) is 2. The molecule has 6 nitrogen and oxygen atoms in total. The molecule has 2 atom stereocenters. The highest BCUT2D eigenvalue weighted by Crippen LogP contribution is 2.20. The topological polar surface area (TPSA) is 109 Å². The van der Waals surface area contributed by atoms with Crippen LogP contribution in [0.5, 0.6) is 0 Å². The molecule has 0 fully saturated rings. The lowest BCUT2D eigenvalue weighted by atomic mass is 10.0. The van der Waals surface area contributed by atoms with Crippen molar-refractivity contribution in [3.8, 4) is 0 Å². The molecular formula is C21H28N6. The fraction of sp³-hybridized carbons (Fsp3) is 0.333. The van der Waals surface area contributed by atoms with Gasteiger partial charge in [0.15, 0.2) is 0 Å². The first-order valence-electron chi connectivity index (χ1n) is 8.98. The van der Waals surface area contributed by atoms with Crippen LogP contribution in [0.1, 0.15) is 56.1 Å². The number of imidazole rings is 2. The van der Waals surface area contributed by atoms with Crippen LogP contribution in [0.2, 0.25) is 0 Å². The van der Waals surface area contributed by atoms with Crippen molar-refractivity contribution in [2.75, 3.05) is 0 Å². The Morgan fingerprint density at radius 1 is 0.778 bits per heavy atom. The zero-order chi connectivity index (χ0) is 18.3. The van der Waals surface area contributed by atoms with Crippen molar-refractivity contribution >= 4 is 22.1 Å². The Morgan fingerprint density at radius 3 is 1.56 bits per heavy atom. The average molecular weight is 364 g/mol. The fourth-order valence-corrected chi connectivity index (χ4v) is 3.18. The maximum absolute atomic E-state index is 5.91. The first-order chi connectivity index (χ1) is 12.5. The van der Waals surface area contributed by atoms with Gasteiger partial charge in [0.25, 0.3) is 0 Å². The molecule has 0 aliphatic carbocycles. The normalized spacial score (nSPS) is 13.6. The zero-order valence-electron chi connectivity index (χ0n) is 15.1. The maximum Gasteiger partial charge on any atom is 0.123 e. The van der Waals surface area contributed by atoms with Gasteiger partial charge in [-0.3, -0.25) is 0 Å². The van der Waals surface area contributed by atoms with E-state index < -0.39 is 0 Å². The highest BCUT2D eigenvalue weighted by molar-refractivity contribution is 5.77. The Bertz CT molecular complexity index is 971. The molecule has 2 aromatic carbocycles. The minimum absolute atomic E-state index is 0. The van der Waals surface area contributed by atoms with Gasteiger partial charge in [-0.15, -0.1) is 0 Å². The van der Waals surface area contributed by atoms with Gasteiger partial charge in [0.1, 0.15) is 11.6 Å². The number of hydrogen-bond acceptors (Lipinski definition) is 4. The number of aryl methyl sites for hydroxylation is 2. The van der Waals surface area contributed by atoms with Gasteiger partial charge in [0.05, 0.1) is 34.2 Å². The Labute approximate surface area is 159 Å². The molecule has 0 aliphatic rings. The molecule has 0 saturated heterocycles. The largest absolute Gasteiger partial charge is 0.341 e. The summed E-state index contributed by atoms with van der Waals surface area (Å²) < 4.78 is 0. The third kappa shape index (κ3) is 3.86. The van der Waals surface area contributed by atoms with Gasteiger partial charge in [-0.1, -0.05) is 19.6 Å². The highest BCUT2D eigenvalue weighted by atomic mass is 15.0. The molecule has 0 radical (unpaired) electrons. The van der Waals surface area contributed by atoms with Crippen molar-refractivity contribution in [1.82, 2.24) is 19.9 Å². The molecule has 6 N–H and O–H groups in total. The molecule has 2 aromatic heterocycles. The van der Waals surface area contributed by atoms with E-state index in [2.05, 4.69) is 56.3 Å². The standard InChI is InChI=1S/C20H24N6.CH4/c1-11(21)19-23-15-7-5-13(9-17(15)25-19)3-4-14-6-8-16-18(10-14)26-20(24-16)12(2)22;/h5-12H,3-4,21-22H2,1-2H3,(H,23,25)(H,24,26);1H4/t11-,12-;/m0./s1. The Balaban J connectivity index is 0.00000210. The van der Waals surface area contributed by atoms with Crippen LogP contribution >= 0.6 is 0 Å². The van der Waals surface area contributed by atoms with Gasteiger partial charge in [0.2, 0.25) is 0 Å². The summed E-state index contributed by atoms with van der Waals surface area (Å²) in [5, 5.41) is 0. The average Bonchev–Trinajstić information content (AvgIpc) is 3.23. The van der Waals surface area contributed by atoms with E-state index in [9.17, 15) is 0 Å². The summed E-state index contributed by atoms with van der Waals surface area (Å²) in [6.45, 7) is 3.86. The quantitative estimate of drug-likeness (QED) is 0.430. The second kappa shape index (κ2) is 7.50. The first-order valence-corrected chi connectivity index (χ1v) is 8.98. The molecule has 0 amide bonds.